The van der Waals surface area contributed by atoms with E-state index in [4.69, 9.17) is 9.47 Å². The molecule has 0 aliphatic heterocycles. The number of carbonyl (C=O) groups excluding carboxylic acids is 2. The maximum Gasteiger partial charge on any atom is 0.257 e. The molecule has 0 spiro atoms. The molecular weight excluding hydrogens is 346 g/mol. The number of nitrogens with one attached hydrogen (secondary N) is 1. The van der Waals surface area contributed by atoms with Gasteiger partial charge in [-0.1, -0.05) is 12.1 Å². The van der Waals surface area contributed by atoms with Gasteiger partial charge in [-0.25, -0.2) is 0 Å². The van der Waals surface area contributed by atoms with Crippen molar-refractivity contribution in [3.05, 3.63) is 47.8 Å². The Bertz CT molecular complexity index is 824. The zero-order valence-corrected chi connectivity index (χ0v) is 16.1. The first-order valence-corrected chi connectivity index (χ1v) is 8.78. The number of hydrogen-bond donors (Lipinski definition) is 1. The predicted octanol–water partition coefficient (Wildman–Crippen LogP) is 2.88. The van der Waals surface area contributed by atoms with Gasteiger partial charge in [0.1, 0.15) is 0 Å². The monoisotopic (exact) mass is 371 g/mol. The number of ketones is 1. The number of aromatic nitrogens is 2. The number of allylic oxidation sites excluding steroid dienone is 1. The summed E-state index contributed by atoms with van der Waals surface area (Å²) < 4.78 is 12.5. The molecule has 2 rings (SSSR count). The lowest BCUT2D eigenvalue weighted by Gasteiger charge is -2.11. The predicted molar refractivity (Wildman–Crippen MR) is 103 cm³/mol. The van der Waals surface area contributed by atoms with E-state index in [9.17, 15) is 9.59 Å². The Hall–Kier alpha value is -3.09. The molecule has 2 aromatic rings. The van der Waals surface area contributed by atoms with Gasteiger partial charge in [0.05, 0.1) is 18.9 Å². The molecule has 1 amide bonds. The number of rotatable bonds is 9. The van der Waals surface area contributed by atoms with Crippen molar-refractivity contribution in [3.63, 3.8) is 0 Å². The van der Waals surface area contributed by atoms with E-state index in [-0.39, 0.29) is 24.3 Å². The fourth-order valence-corrected chi connectivity index (χ4v) is 2.31. The number of likely N-dealkylation sites (N-methyl/N-ethyl adjacent to an activating group) is 1. The number of hydrogen-bond acceptors (Lipinski definition) is 5. The van der Waals surface area contributed by atoms with Gasteiger partial charge in [-0.2, -0.15) is 5.10 Å². The van der Waals surface area contributed by atoms with Crippen molar-refractivity contribution in [2.75, 3.05) is 20.3 Å². The van der Waals surface area contributed by atoms with Crippen LogP contribution in [0.1, 0.15) is 42.7 Å². The van der Waals surface area contributed by atoms with Crippen LogP contribution in [0.15, 0.2) is 36.7 Å². The van der Waals surface area contributed by atoms with E-state index in [1.807, 2.05) is 20.8 Å². The molecule has 0 saturated carbocycles. The standard InChI is InChI=1S/C20H25N3O4/c1-5-21-20(25)13-27-18-9-7-15(10-19(18)26-4)6-8-17(24)16-11-22-23(12-16)14(2)3/h6-12,14H,5,13H2,1-4H3,(H,21,25). The summed E-state index contributed by atoms with van der Waals surface area (Å²) in [6.45, 7) is 6.30. The van der Waals surface area contributed by atoms with E-state index in [1.54, 1.807) is 41.4 Å². The van der Waals surface area contributed by atoms with Crippen LogP contribution in [0.2, 0.25) is 0 Å². The Morgan fingerprint density at radius 3 is 2.70 bits per heavy atom. The van der Waals surface area contributed by atoms with Gasteiger partial charge in [0, 0.05) is 18.8 Å². The molecule has 7 heteroatoms. The molecule has 0 aliphatic carbocycles. The van der Waals surface area contributed by atoms with E-state index in [0.29, 0.717) is 23.6 Å². The molecule has 27 heavy (non-hydrogen) atoms. The Morgan fingerprint density at radius 1 is 1.30 bits per heavy atom. The fourth-order valence-electron chi connectivity index (χ4n) is 2.31. The summed E-state index contributed by atoms with van der Waals surface area (Å²) in [5.74, 6) is 0.625. The van der Waals surface area contributed by atoms with E-state index in [2.05, 4.69) is 10.4 Å². The Kier molecular flexibility index (Phi) is 7.16. The van der Waals surface area contributed by atoms with Gasteiger partial charge in [0.2, 0.25) is 0 Å². The van der Waals surface area contributed by atoms with E-state index in [0.717, 1.165) is 5.56 Å². The van der Waals surface area contributed by atoms with Crippen molar-refractivity contribution in [2.45, 2.75) is 26.8 Å². The van der Waals surface area contributed by atoms with Gasteiger partial charge in [0.15, 0.2) is 23.9 Å². The second-order valence-electron chi connectivity index (χ2n) is 6.15. The minimum atomic E-state index is -0.198. The number of amides is 1. The van der Waals surface area contributed by atoms with Gasteiger partial charge in [-0.3, -0.25) is 14.3 Å². The molecule has 0 aliphatic rings. The summed E-state index contributed by atoms with van der Waals surface area (Å²) >= 11 is 0. The lowest BCUT2D eigenvalue weighted by atomic mass is 10.1. The highest BCUT2D eigenvalue weighted by molar-refractivity contribution is 6.06. The van der Waals surface area contributed by atoms with Gasteiger partial charge in [-0.15, -0.1) is 0 Å². The van der Waals surface area contributed by atoms with Crippen molar-refractivity contribution in [3.8, 4) is 11.5 Å². The molecule has 0 atom stereocenters. The van der Waals surface area contributed by atoms with Gasteiger partial charge >= 0.3 is 0 Å². The largest absolute Gasteiger partial charge is 0.493 e. The average Bonchev–Trinajstić information content (AvgIpc) is 3.15. The maximum absolute atomic E-state index is 12.3. The van der Waals surface area contributed by atoms with Crippen LogP contribution in [-0.2, 0) is 4.79 Å². The lowest BCUT2D eigenvalue weighted by molar-refractivity contribution is -0.123. The summed E-state index contributed by atoms with van der Waals surface area (Å²) in [6.07, 6.45) is 6.48. The first kappa shape index (κ1) is 20.2. The van der Waals surface area contributed by atoms with Crippen molar-refractivity contribution < 1.29 is 19.1 Å². The van der Waals surface area contributed by atoms with Crippen molar-refractivity contribution in [1.82, 2.24) is 15.1 Å². The molecule has 0 unspecified atom stereocenters. The molecular formula is C20H25N3O4. The fraction of sp³-hybridized carbons (Fsp3) is 0.350. The van der Waals surface area contributed by atoms with E-state index in [1.165, 1.54) is 13.2 Å². The normalized spacial score (nSPS) is 11.0. The number of benzene rings is 1. The van der Waals surface area contributed by atoms with Crippen LogP contribution >= 0.6 is 0 Å². The highest BCUT2D eigenvalue weighted by atomic mass is 16.5. The van der Waals surface area contributed by atoms with Crippen molar-refractivity contribution >= 4 is 17.8 Å². The Morgan fingerprint density at radius 2 is 2.07 bits per heavy atom. The van der Waals surface area contributed by atoms with Gasteiger partial charge < -0.3 is 14.8 Å². The van der Waals surface area contributed by atoms with Crippen LogP contribution < -0.4 is 14.8 Å². The van der Waals surface area contributed by atoms with E-state index < -0.39 is 0 Å². The summed E-state index contributed by atoms with van der Waals surface area (Å²) in [4.78, 5) is 23.8. The van der Waals surface area contributed by atoms with Crippen molar-refractivity contribution in [1.29, 1.82) is 0 Å². The topological polar surface area (TPSA) is 82.5 Å². The van der Waals surface area contributed by atoms with Gasteiger partial charge in [0.25, 0.3) is 5.91 Å². The maximum atomic E-state index is 12.3. The second kappa shape index (κ2) is 9.56. The smallest absolute Gasteiger partial charge is 0.257 e. The zero-order chi connectivity index (χ0) is 19.8. The zero-order valence-electron chi connectivity index (χ0n) is 16.1. The molecule has 0 radical (unpaired) electrons. The Balaban J connectivity index is 2.06. The molecule has 1 N–H and O–H groups in total. The molecule has 144 valence electrons. The quantitative estimate of drug-likeness (QED) is 0.541. The van der Waals surface area contributed by atoms with Crippen LogP contribution in [0.4, 0.5) is 0 Å². The molecule has 0 saturated heterocycles. The minimum absolute atomic E-state index is 0.0856. The number of carbonyl (C=O) groups is 2. The molecule has 1 heterocycles. The molecule has 0 bridgehead atoms. The highest BCUT2D eigenvalue weighted by Crippen LogP contribution is 2.28. The Labute approximate surface area is 159 Å². The molecule has 1 aromatic heterocycles. The molecule has 1 aromatic carbocycles. The van der Waals surface area contributed by atoms with E-state index >= 15 is 0 Å². The molecule has 7 nitrogen and oxygen atoms in total. The second-order valence-corrected chi connectivity index (χ2v) is 6.15. The van der Waals surface area contributed by atoms with Crippen LogP contribution in [0.3, 0.4) is 0 Å². The molecule has 0 fully saturated rings. The summed E-state index contributed by atoms with van der Waals surface area (Å²) in [5.41, 5.74) is 1.32. The van der Waals surface area contributed by atoms with Crippen LogP contribution in [0.25, 0.3) is 6.08 Å². The lowest BCUT2D eigenvalue weighted by Crippen LogP contribution is -2.28. The van der Waals surface area contributed by atoms with Crippen LogP contribution in [0, 0.1) is 0 Å². The van der Waals surface area contributed by atoms with Crippen LogP contribution in [-0.4, -0.2) is 41.7 Å². The minimum Gasteiger partial charge on any atom is -0.493 e. The number of ether oxygens (including phenoxy) is 2. The average molecular weight is 371 g/mol. The SMILES string of the molecule is CCNC(=O)COc1ccc(C=CC(=O)c2cnn(C(C)C)c2)cc1OC. The first-order chi connectivity index (χ1) is 12.9. The summed E-state index contributed by atoms with van der Waals surface area (Å²) in [6, 6.07) is 5.44. The highest BCUT2D eigenvalue weighted by Gasteiger charge is 2.09. The van der Waals surface area contributed by atoms with Crippen LogP contribution in [0.5, 0.6) is 11.5 Å². The third-order valence-corrected chi connectivity index (χ3v) is 3.76. The van der Waals surface area contributed by atoms with Crippen molar-refractivity contribution in [2.24, 2.45) is 0 Å². The first-order valence-electron chi connectivity index (χ1n) is 8.78. The summed E-state index contributed by atoms with van der Waals surface area (Å²) in [5, 5.41) is 6.83. The van der Waals surface area contributed by atoms with Gasteiger partial charge in [-0.05, 0) is 44.5 Å². The number of methoxy groups -OCH3 is 1. The third kappa shape index (κ3) is 5.70. The third-order valence-electron chi connectivity index (χ3n) is 3.76. The number of nitrogens with zero attached hydrogens (tertiary/aromatic N) is 2. The summed E-state index contributed by atoms with van der Waals surface area (Å²) in [7, 11) is 1.52.